The molecule has 8 nitrogen and oxygen atoms in total. The van der Waals surface area contributed by atoms with Crippen molar-refractivity contribution in [1.82, 2.24) is 4.90 Å². The van der Waals surface area contributed by atoms with Crippen molar-refractivity contribution in [1.29, 1.82) is 0 Å². The number of nitrogens with one attached hydrogen (secondary N) is 1. The molecule has 0 bridgehead atoms. The molecule has 3 rings (SSSR count). The zero-order valence-corrected chi connectivity index (χ0v) is 17.5. The van der Waals surface area contributed by atoms with Crippen LogP contribution in [-0.2, 0) is 19.6 Å². The number of sulfonamides is 1. The van der Waals surface area contributed by atoms with Gasteiger partial charge in [-0.3, -0.25) is 9.52 Å². The van der Waals surface area contributed by atoms with E-state index in [0.717, 1.165) is 24.2 Å². The van der Waals surface area contributed by atoms with Crippen LogP contribution in [0.25, 0.3) is 0 Å². The molecule has 1 aliphatic heterocycles. The van der Waals surface area contributed by atoms with Gasteiger partial charge in [-0.15, -0.1) is 11.3 Å². The highest BCUT2D eigenvalue weighted by molar-refractivity contribution is 7.94. The lowest BCUT2D eigenvalue weighted by atomic mass is 10.0. The van der Waals surface area contributed by atoms with Crippen molar-refractivity contribution < 1.29 is 27.9 Å². The summed E-state index contributed by atoms with van der Waals surface area (Å²) in [5, 5.41) is 11.6. The highest BCUT2D eigenvalue weighted by atomic mass is 32.2. The summed E-state index contributed by atoms with van der Waals surface area (Å²) in [6, 6.07) is 6.76. The number of thiophene rings is 1. The number of anilines is 1. The van der Waals surface area contributed by atoms with Crippen molar-refractivity contribution in [3.63, 3.8) is 0 Å². The first-order valence-corrected chi connectivity index (χ1v) is 11.5. The number of amides is 1. The summed E-state index contributed by atoms with van der Waals surface area (Å²) in [7, 11) is -3.80. The summed E-state index contributed by atoms with van der Waals surface area (Å²) >= 11 is 1.05. The summed E-state index contributed by atoms with van der Waals surface area (Å²) in [6.45, 7) is 2.88. The van der Waals surface area contributed by atoms with E-state index in [9.17, 15) is 23.1 Å². The van der Waals surface area contributed by atoms with Crippen molar-refractivity contribution in [2.75, 3.05) is 24.4 Å². The molecule has 2 heterocycles. The molecule has 156 valence electrons. The van der Waals surface area contributed by atoms with Crippen LogP contribution in [0.3, 0.4) is 0 Å². The minimum atomic E-state index is -3.80. The first-order valence-electron chi connectivity index (χ1n) is 9.10. The van der Waals surface area contributed by atoms with Crippen LogP contribution >= 0.6 is 11.3 Å². The third kappa shape index (κ3) is 5.27. The van der Waals surface area contributed by atoms with Gasteiger partial charge < -0.3 is 14.7 Å². The van der Waals surface area contributed by atoms with Crippen molar-refractivity contribution in [2.45, 2.75) is 24.0 Å². The van der Waals surface area contributed by atoms with Gasteiger partial charge in [-0.1, -0.05) is 13.0 Å². The van der Waals surface area contributed by atoms with E-state index < -0.39 is 22.6 Å². The molecule has 1 aromatic heterocycles. The largest absolute Gasteiger partial charge is 0.507 e. The van der Waals surface area contributed by atoms with Crippen LogP contribution in [0.5, 0.6) is 5.75 Å². The molecule has 29 heavy (non-hydrogen) atoms. The predicted molar refractivity (Wildman–Crippen MR) is 108 cm³/mol. The maximum Gasteiger partial charge on any atom is 0.342 e. The molecule has 0 aliphatic carbocycles. The molecule has 1 aromatic carbocycles. The van der Waals surface area contributed by atoms with Crippen molar-refractivity contribution >= 4 is 38.9 Å². The Labute approximate surface area is 173 Å². The van der Waals surface area contributed by atoms with E-state index >= 15 is 0 Å². The second-order valence-electron chi connectivity index (χ2n) is 6.93. The number of benzene rings is 1. The first-order chi connectivity index (χ1) is 13.8. The van der Waals surface area contributed by atoms with Crippen LogP contribution in [-0.4, -0.2) is 50.0 Å². The molecule has 2 aromatic rings. The number of phenolic OH excluding ortho intramolecular Hbond substituents is 1. The summed E-state index contributed by atoms with van der Waals surface area (Å²) in [5.74, 6) is -1.16. The zero-order chi connectivity index (χ0) is 21.0. The fourth-order valence-corrected chi connectivity index (χ4v) is 5.14. The predicted octanol–water partition coefficient (Wildman–Crippen LogP) is 2.67. The van der Waals surface area contributed by atoms with Gasteiger partial charge in [0.25, 0.3) is 15.9 Å². The summed E-state index contributed by atoms with van der Waals surface area (Å²) in [6.07, 6.45) is 1.97. The standard InChI is InChI=1S/C19H22N2O6S2/c1-13-4-2-8-21(11-13)17(23)12-27-19(24)15-10-14(6-7-16(15)22)20-29(25,26)18-5-3-9-28-18/h3,5-7,9-10,13,20,22H,2,4,8,11-12H2,1H3. The van der Waals surface area contributed by atoms with Crippen LogP contribution in [0.15, 0.2) is 39.9 Å². The minimum absolute atomic E-state index is 0.0966. The van der Waals surface area contributed by atoms with E-state index in [1.54, 1.807) is 16.3 Å². The third-order valence-corrected chi connectivity index (χ3v) is 7.34. The fraction of sp³-hybridized carbons (Fsp3) is 0.368. The number of hydrogen-bond donors (Lipinski definition) is 2. The summed E-state index contributed by atoms with van der Waals surface area (Å²) in [5.41, 5.74) is -0.129. The Kier molecular flexibility index (Phi) is 6.43. The average molecular weight is 439 g/mol. The molecule has 2 N–H and O–H groups in total. The Morgan fingerprint density at radius 2 is 2.14 bits per heavy atom. The Balaban J connectivity index is 1.66. The Bertz CT molecular complexity index is 988. The highest BCUT2D eigenvalue weighted by Gasteiger charge is 2.23. The monoisotopic (exact) mass is 438 g/mol. The fourth-order valence-electron chi connectivity index (χ4n) is 3.10. The lowest BCUT2D eigenvalue weighted by Gasteiger charge is -2.30. The summed E-state index contributed by atoms with van der Waals surface area (Å²) in [4.78, 5) is 26.2. The number of piperidine rings is 1. The van der Waals surface area contributed by atoms with E-state index in [4.69, 9.17) is 4.74 Å². The Hall–Kier alpha value is -2.59. The molecule has 0 saturated carbocycles. The van der Waals surface area contributed by atoms with E-state index in [2.05, 4.69) is 11.6 Å². The molecule has 1 unspecified atom stereocenters. The van der Waals surface area contributed by atoms with Gasteiger partial charge in [-0.2, -0.15) is 0 Å². The molecule has 1 aliphatic rings. The number of ether oxygens (including phenoxy) is 1. The number of esters is 1. The number of likely N-dealkylation sites (tertiary alicyclic amines) is 1. The highest BCUT2D eigenvalue weighted by Crippen LogP contribution is 2.26. The topological polar surface area (TPSA) is 113 Å². The molecule has 1 saturated heterocycles. The van der Waals surface area contributed by atoms with E-state index in [1.165, 1.54) is 24.3 Å². The number of aromatic hydroxyl groups is 1. The summed E-state index contributed by atoms with van der Waals surface area (Å²) < 4.78 is 32.2. The molecule has 0 spiro atoms. The molecular weight excluding hydrogens is 416 g/mol. The van der Waals surface area contributed by atoms with Crippen LogP contribution in [0.2, 0.25) is 0 Å². The maximum absolute atomic E-state index is 12.3. The van der Waals surface area contributed by atoms with Crippen LogP contribution in [0.1, 0.15) is 30.1 Å². The van der Waals surface area contributed by atoms with Gasteiger partial charge >= 0.3 is 5.97 Å². The van der Waals surface area contributed by atoms with Crippen molar-refractivity contribution in [2.24, 2.45) is 5.92 Å². The van der Waals surface area contributed by atoms with Gasteiger partial charge in [0.2, 0.25) is 0 Å². The first kappa shape index (κ1) is 21.1. The van der Waals surface area contributed by atoms with Crippen LogP contribution in [0, 0.1) is 5.92 Å². The number of rotatable bonds is 6. The van der Waals surface area contributed by atoms with Crippen molar-refractivity contribution in [3.8, 4) is 5.75 Å². The van der Waals surface area contributed by atoms with E-state index in [0.29, 0.717) is 19.0 Å². The Morgan fingerprint density at radius 3 is 2.83 bits per heavy atom. The van der Waals surface area contributed by atoms with Gasteiger partial charge in [0, 0.05) is 18.8 Å². The third-order valence-electron chi connectivity index (χ3n) is 4.57. The average Bonchev–Trinajstić information content (AvgIpc) is 3.23. The van der Waals surface area contributed by atoms with E-state index in [-0.39, 0.29) is 27.1 Å². The minimum Gasteiger partial charge on any atom is -0.507 e. The van der Waals surface area contributed by atoms with Gasteiger partial charge in [0.05, 0.1) is 0 Å². The second kappa shape index (κ2) is 8.83. The van der Waals surface area contributed by atoms with Crippen molar-refractivity contribution in [3.05, 3.63) is 41.3 Å². The number of carbonyl (C=O) groups is 2. The molecule has 1 amide bonds. The zero-order valence-electron chi connectivity index (χ0n) is 15.8. The molecular formula is C19H22N2O6S2. The van der Waals surface area contributed by atoms with Gasteiger partial charge in [-0.25, -0.2) is 13.2 Å². The molecule has 1 atom stereocenters. The number of phenols is 1. The molecule has 1 fully saturated rings. The number of nitrogens with zero attached hydrogens (tertiary/aromatic N) is 1. The molecule has 10 heteroatoms. The second-order valence-corrected chi connectivity index (χ2v) is 9.79. The molecule has 0 radical (unpaired) electrons. The van der Waals surface area contributed by atoms with Crippen LogP contribution < -0.4 is 4.72 Å². The van der Waals surface area contributed by atoms with Crippen LogP contribution in [0.4, 0.5) is 5.69 Å². The quantitative estimate of drug-likeness (QED) is 0.530. The maximum atomic E-state index is 12.3. The lowest BCUT2D eigenvalue weighted by Crippen LogP contribution is -2.41. The number of hydrogen-bond acceptors (Lipinski definition) is 7. The number of carbonyl (C=O) groups excluding carboxylic acids is 2. The Morgan fingerprint density at radius 1 is 1.34 bits per heavy atom. The van der Waals surface area contributed by atoms with Gasteiger partial charge in [0.15, 0.2) is 6.61 Å². The normalized spacial score (nSPS) is 17.0. The van der Waals surface area contributed by atoms with Gasteiger partial charge in [-0.05, 0) is 48.4 Å². The van der Waals surface area contributed by atoms with Gasteiger partial charge in [0.1, 0.15) is 15.5 Å². The lowest BCUT2D eigenvalue weighted by molar-refractivity contribution is -0.136. The SMILES string of the molecule is CC1CCCN(C(=O)COC(=O)c2cc(NS(=O)(=O)c3cccs3)ccc2O)C1. The van der Waals surface area contributed by atoms with E-state index in [1.807, 2.05) is 0 Å². The smallest absolute Gasteiger partial charge is 0.342 e.